The summed E-state index contributed by atoms with van der Waals surface area (Å²) in [5.41, 5.74) is 0.404. The highest BCUT2D eigenvalue weighted by atomic mass is 19.2. The van der Waals surface area contributed by atoms with Crippen molar-refractivity contribution in [3.63, 3.8) is 0 Å². The van der Waals surface area contributed by atoms with Crippen molar-refractivity contribution in [2.75, 3.05) is 0 Å². The molecule has 2 aromatic carbocycles. The number of carboxylic acids is 1. The summed E-state index contributed by atoms with van der Waals surface area (Å²) in [7, 11) is 0. The van der Waals surface area contributed by atoms with Crippen LogP contribution in [0.1, 0.15) is 22.3 Å². The highest BCUT2D eigenvalue weighted by molar-refractivity contribution is 5.96. The molecular formula is C17H15F2NO3. The van der Waals surface area contributed by atoms with Gasteiger partial charge in [0.05, 0.1) is 5.56 Å². The predicted octanol–water partition coefficient (Wildman–Crippen LogP) is 2.78. The summed E-state index contributed by atoms with van der Waals surface area (Å²) >= 11 is 0. The van der Waals surface area contributed by atoms with Crippen LogP contribution in [0, 0.1) is 11.6 Å². The van der Waals surface area contributed by atoms with E-state index in [-0.39, 0.29) is 6.42 Å². The first-order chi connectivity index (χ1) is 11.0. The summed E-state index contributed by atoms with van der Waals surface area (Å²) in [5.74, 6) is -4.64. The van der Waals surface area contributed by atoms with Crippen molar-refractivity contribution in [3.8, 4) is 0 Å². The second kappa shape index (κ2) is 7.49. The Hall–Kier alpha value is -2.76. The molecule has 0 radical (unpaired) electrons. The van der Waals surface area contributed by atoms with Crippen LogP contribution in [-0.4, -0.2) is 23.0 Å². The molecule has 1 atom stereocenters. The number of hydrogen-bond acceptors (Lipinski definition) is 2. The van der Waals surface area contributed by atoms with Gasteiger partial charge >= 0.3 is 5.97 Å². The Kier molecular flexibility index (Phi) is 5.41. The fraction of sp³-hybridized carbons (Fsp3) is 0.176. The summed E-state index contributed by atoms with van der Waals surface area (Å²) in [6.07, 6.45) is 0.575. The second-order valence-corrected chi connectivity index (χ2v) is 4.99. The van der Waals surface area contributed by atoms with E-state index in [0.717, 1.165) is 17.7 Å². The third kappa shape index (κ3) is 4.35. The van der Waals surface area contributed by atoms with Crippen molar-refractivity contribution >= 4 is 11.9 Å². The normalized spacial score (nSPS) is 11.7. The van der Waals surface area contributed by atoms with Crippen LogP contribution in [0.2, 0.25) is 0 Å². The number of carboxylic acid groups (broad SMARTS) is 1. The lowest BCUT2D eigenvalue weighted by atomic mass is 10.0. The predicted molar refractivity (Wildman–Crippen MR) is 80.0 cm³/mol. The average Bonchev–Trinajstić information content (AvgIpc) is 2.54. The van der Waals surface area contributed by atoms with Gasteiger partial charge in [-0.1, -0.05) is 36.4 Å². The fourth-order valence-corrected chi connectivity index (χ4v) is 2.13. The SMILES string of the molecule is O=C(N[C@@H](CCc1ccccc1)C(=O)O)c1cccc(F)c1F. The van der Waals surface area contributed by atoms with E-state index in [0.29, 0.717) is 6.42 Å². The van der Waals surface area contributed by atoms with Crippen LogP contribution < -0.4 is 5.32 Å². The number of rotatable bonds is 6. The molecule has 120 valence electrons. The lowest BCUT2D eigenvalue weighted by Crippen LogP contribution is -2.41. The smallest absolute Gasteiger partial charge is 0.326 e. The third-order valence-corrected chi connectivity index (χ3v) is 3.36. The molecule has 0 aliphatic carbocycles. The minimum absolute atomic E-state index is 0.141. The second-order valence-electron chi connectivity index (χ2n) is 4.99. The largest absolute Gasteiger partial charge is 0.480 e. The number of hydrogen-bond donors (Lipinski definition) is 2. The number of halogens is 2. The molecule has 2 N–H and O–H groups in total. The molecule has 0 aliphatic heterocycles. The fourth-order valence-electron chi connectivity index (χ4n) is 2.13. The van der Waals surface area contributed by atoms with Crippen LogP contribution in [0.25, 0.3) is 0 Å². The van der Waals surface area contributed by atoms with Crippen LogP contribution >= 0.6 is 0 Å². The van der Waals surface area contributed by atoms with E-state index < -0.39 is 35.1 Å². The lowest BCUT2D eigenvalue weighted by Gasteiger charge is -2.15. The van der Waals surface area contributed by atoms with Gasteiger partial charge < -0.3 is 10.4 Å². The van der Waals surface area contributed by atoms with Gasteiger partial charge in [0.15, 0.2) is 11.6 Å². The number of amides is 1. The molecule has 0 fully saturated rings. The number of nitrogens with one attached hydrogen (secondary N) is 1. The third-order valence-electron chi connectivity index (χ3n) is 3.36. The summed E-state index contributed by atoms with van der Waals surface area (Å²) in [6, 6.07) is 11.2. The maximum atomic E-state index is 13.6. The quantitative estimate of drug-likeness (QED) is 0.860. The number of carbonyl (C=O) groups is 2. The number of aryl methyl sites for hydroxylation is 1. The van der Waals surface area contributed by atoms with Gasteiger partial charge in [0.2, 0.25) is 0 Å². The molecule has 0 aliphatic rings. The zero-order valence-corrected chi connectivity index (χ0v) is 12.1. The summed E-state index contributed by atoms with van der Waals surface area (Å²) in [6.45, 7) is 0. The van der Waals surface area contributed by atoms with Gasteiger partial charge in [0.1, 0.15) is 6.04 Å². The first-order valence-corrected chi connectivity index (χ1v) is 7.00. The van der Waals surface area contributed by atoms with Crippen LogP contribution in [0.15, 0.2) is 48.5 Å². The molecule has 2 aromatic rings. The van der Waals surface area contributed by atoms with E-state index in [1.165, 1.54) is 6.07 Å². The molecule has 23 heavy (non-hydrogen) atoms. The van der Waals surface area contributed by atoms with Crippen LogP contribution in [-0.2, 0) is 11.2 Å². The van der Waals surface area contributed by atoms with Crippen molar-refractivity contribution in [3.05, 3.63) is 71.3 Å². The van der Waals surface area contributed by atoms with Gasteiger partial charge in [-0.3, -0.25) is 4.79 Å². The Balaban J connectivity index is 2.05. The van der Waals surface area contributed by atoms with Gasteiger partial charge in [-0.05, 0) is 30.5 Å². The van der Waals surface area contributed by atoms with E-state index in [1.54, 1.807) is 0 Å². The van der Waals surface area contributed by atoms with Crippen molar-refractivity contribution < 1.29 is 23.5 Å². The van der Waals surface area contributed by atoms with E-state index in [9.17, 15) is 23.5 Å². The molecule has 0 spiro atoms. The first kappa shape index (κ1) is 16.6. The standard InChI is InChI=1S/C17H15F2NO3/c18-13-8-4-7-12(15(13)19)16(21)20-14(17(22)23)10-9-11-5-2-1-3-6-11/h1-8,14H,9-10H2,(H,20,21)(H,22,23)/t14-/m0/s1. The molecule has 2 rings (SSSR count). The molecule has 0 aromatic heterocycles. The van der Waals surface area contributed by atoms with Crippen molar-refractivity contribution in [2.24, 2.45) is 0 Å². The molecule has 0 heterocycles. The summed E-state index contributed by atoms with van der Waals surface area (Å²) in [4.78, 5) is 23.2. The Labute approximate surface area is 131 Å². The van der Waals surface area contributed by atoms with E-state index >= 15 is 0 Å². The number of aliphatic carboxylic acids is 1. The Morgan fingerprint density at radius 2 is 1.74 bits per heavy atom. The molecular weight excluding hydrogens is 304 g/mol. The highest BCUT2D eigenvalue weighted by Crippen LogP contribution is 2.12. The molecule has 0 bridgehead atoms. The number of benzene rings is 2. The minimum atomic E-state index is -1.29. The molecule has 1 amide bonds. The van der Waals surface area contributed by atoms with Crippen LogP contribution in [0.3, 0.4) is 0 Å². The van der Waals surface area contributed by atoms with E-state index in [1.807, 2.05) is 30.3 Å². The molecule has 0 saturated carbocycles. The van der Waals surface area contributed by atoms with Gasteiger partial charge in [0, 0.05) is 0 Å². The van der Waals surface area contributed by atoms with E-state index in [4.69, 9.17) is 0 Å². The van der Waals surface area contributed by atoms with Gasteiger partial charge in [-0.2, -0.15) is 0 Å². The molecule has 4 nitrogen and oxygen atoms in total. The van der Waals surface area contributed by atoms with Crippen LogP contribution in [0.5, 0.6) is 0 Å². The lowest BCUT2D eigenvalue weighted by molar-refractivity contribution is -0.139. The maximum Gasteiger partial charge on any atom is 0.326 e. The Morgan fingerprint density at radius 1 is 1.04 bits per heavy atom. The van der Waals surface area contributed by atoms with Crippen molar-refractivity contribution in [1.82, 2.24) is 5.32 Å². The Bertz CT molecular complexity index is 704. The Morgan fingerprint density at radius 3 is 2.39 bits per heavy atom. The van der Waals surface area contributed by atoms with E-state index in [2.05, 4.69) is 5.32 Å². The molecule has 0 unspecified atom stereocenters. The zero-order valence-electron chi connectivity index (χ0n) is 12.1. The van der Waals surface area contributed by atoms with Crippen molar-refractivity contribution in [1.29, 1.82) is 0 Å². The van der Waals surface area contributed by atoms with Crippen molar-refractivity contribution in [2.45, 2.75) is 18.9 Å². The molecule has 6 heteroatoms. The zero-order chi connectivity index (χ0) is 16.8. The molecule has 0 saturated heterocycles. The summed E-state index contributed by atoms with van der Waals surface area (Å²) in [5, 5.41) is 11.4. The maximum absolute atomic E-state index is 13.6. The van der Waals surface area contributed by atoms with Crippen LogP contribution in [0.4, 0.5) is 8.78 Å². The van der Waals surface area contributed by atoms with Gasteiger partial charge in [0.25, 0.3) is 5.91 Å². The van der Waals surface area contributed by atoms with Gasteiger partial charge in [-0.15, -0.1) is 0 Å². The number of carbonyl (C=O) groups excluding carboxylic acids is 1. The summed E-state index contributed by atoms with van der Waals surface area (Å²) < 4.78 is 26.7. The average molecular weight is 319 g/mol. The monoisotopic (exact) mass is 319 g/mol. The topological polar surface area (TPSA) is 66.4 Å². The minimum Gasteiger partial charge on any atom is -0.480 e. The highest BCUT2D eigenvalue weighted by Gasteiger charge is 2.23. The first-order valence-electron chi connectivity index (χ1n) is 7.00. The van der Waals surface area contributed by atoms with Gasteiger partial charge in [-0.25, -0.2) is 13.6 Å².